The van der Waals surface area contributed by atoms with Crippen molar-refractivity contribution in [1.29, 1.82) is 0 Å². The Hall–Kier alpha value is -1.28. The summed E-state index contributed by atoms with van der Waals surface area (Å²) in [6, 6.07) is 8.22. The van der Waals surface area contributed by atoms with Crippen molar-refractivity contribution in [2.45, 2.75) is 32.9 Å². The third-order valence-electron chi connectivity index (χ3n) is 2.43. The van der Waals surface area contributed by atoms with E-state index in [1.165, 1.54) is 5.56 Å². The van der Waals surface area contributed by atoms with E-state index in [0.717, 1.165) is 25.3 Å². The lowest BCUT2D eigenvalue weighted by atomic mass is 10.2. The number of nitrogens with one attached hydrogen (secondary N) is 1. The van der Waals surface area contributed by atoms with Crippen LogP contribution in [-0.4, -0.2) is 12.6 Å². The molecule has 0 aromatic heterocycles. The molecule has 1 rings (SSSR count). The minimum Gasteiger partial charge on any atom is -0.491 e. The predicted octanol–water partition coefficient (Wildman–Crippen LogP) is 3.14. The van der Waals surface area contributed by atoms with Gasteiger partial charge in [0.25, 0.3) is 0 Å². The van der Waals surface area contributed by atoms with Crippen molar-refractivity contribution >= 4 is 0 Å². The van der Waals surface area contributed by atoms with Gasteiger partial charge in [-0.05, 0) is 31.0 Å². The van der Waals surface area contributed by atoms with Gasteiger partial charge in [0.15, 0.2) is 0 Å². The van der Waals surface area contributed by atoms with Crippen LogP contribution in [0.2, 0.25) is 0 Å². The summed E-state index contributed by atoms with van der Waals surface area (Å²) >= 11 is 0. The largest absolute Gasteiger partial charge is 0.491 e. The molecular formula is C14H21NO. The molecule has 88 valence electrons. The zero-order valence-corrected chi connectivity index (χ0v) is 10.2. The first-order valence-corrected chi connectivity index (χ1v) is 5.83. The van der Waals surface area contributed by atoms with Gasteiger partial charge in [0.2, 0.25) is 0 Å². The summed E-state index contributed by atoms with van der Waals surface area (Å²) < 4.78 is 5.76. The Kier molecular flexibility index (Phi) is 5.65. The quantitative estimate of drug-likeness (QED) is 0.562. The summed E-state index contributed by atoms with van der Waals surface area (Å²) in [5.41, 5.74) is 1.24. The van der Waals surface area contributed by atoms with Crippen LogP contribution >= 0.6 is 0 Å². The molecule has 1 aromatic carbocycles. The van der Waals surface area contributed by atoms with Crippen molar-refractivity contribution in [2.75, 3.05) is 6.54 Å². The van der Waals surface area contributed by atoms with E-state index in [4.69, 9.17) is 4.74 Å². The molecule has 0 aliphatic carbocycles. The highest BCUT2D eigenvalue weighted by Gasteiger charge is 2.01. The molecule has 0 spiro atoms. The Balaban J connectivity index is 2.53. The topological polar surface area (TPSA) is 21.3 Å². The van der Waals surface area contributed by atoms with Crippen molar-refractivity contribution in [1.82, 2.24) is 5.32 Å². The van der Waals surface area contributed by atoms with Crippen molar-refractivity contribution in [3.8, 4) is 5.75 Å². The normalized spacial score (nSPS) is 12.1. The number of benzene rings is 1. The molecule has 0 aliphatic rings. The van der Waals surface area contributed by atoms with Crippen LogP contribution in [0.5, 0.6) is 5.75 Å². The van der Waals surface area contributed by atoms with E-state index in [2.05, 4.69) is 37.9 Å². The second-order valence-electron chi connectivity index (χ2n) is 3.90. The van der Waals surface area contributed by atoms with Crippen LogP contribution in [0.1, 0.15) is 25.8 Å². The van der Waals surface area contributed by atoms with E-state index in [0.29, 0.717) is 0 Å². The number of hydrogen-bond donors (Lipinski definition) is 1. The number of rotatable bonds is 7. The molecule has 1 atom stereocenters. The first-order chi connectivity index (χ1) is 7.76. The Morgan fingerprint density at radius 3 is 3.00 bits per heavy atom. The molecule has 0 aliphatic heterocycles. The minimum atomic E-state index is 0.274. The standard InChI is InChI=1S/C14H21NO/c1-4-9-15-11-13-7-6-8-14(10-13)16-12(3)5-2/h4,6-8,10,12,15H,1,5,9,11H2,2-3H3. The van der Waals surface area contributed by atoms with Crippen LogP contribution in [0.4, 0.5) is 0 Å². The molecule has 0 saturated carbocycles. The van der Waals surface area contributed by atoms with E-state index in [-0.39, 0.29) is 6.10 Å². The lowest BCUT2D eigenvalue weighted by molar-refractivity contribution is 0.217. The van der Waals surface area contributed by atoms with Crippen LogP contribution in [0, 0.1) is 0 Å². The van der Waals surface area contributed by atoms with Crippen molar-refractivity contribution in [3.05, 3.63) is 42.5 Å². The van der Waals surface area contributed by atoms with Crippen molar-refractivity contribution < 1.29 is 4.74 Å². The van der Waals surface area contributed by atoms with E-state index in [1.807, 2.05) is 18.2 Å². The highest BCUT2D eigenvalue weighted by molar-refractivity contribution is 5.28. The molecule has 1 aromatic rings. The maximum Gasteiger partial charge on any atom is 0.120 e. The molecule has 2 heteroatoms. The van der Waals surface area contributed by atoms with Gasteiger partial charge in [-0.1, -0.05) is 25.1 Å². The van der Waals surface area contributed by atoms with Crippen LogP contribution in [-0.2, 0) is 6.54 Å². The second-order valence-corrected chi connectivity index (χ2v) is 3.90. The van der Waals surface area contributed by atoms with Gasteiger partial charge in [0.1, 0.15) is 5.75 Å². The van der Waals surface area contributed by atoms with Gasteiger partial charge >= 0.3 is 0 Å². The first-order valence-electron chi connectivity index (χ1n) is 5.83. The third kappa shape index (κ3) is 4.49. The average molecular weight is 219 g/mol. The lowest BCUT2D eigenvalue weighted by Crippen LogP contribution is -2.13. The van der Waals surface area contributed by atoms with Crippen LogP contribution in [0.3, 0.4) is 0 Å². The minimum absolute atomic E-state index is 0.274. The molecule has 2 nitrogen and oxygen atoms in total. The highest BCUT2D eigenvalue weighted by Crippen LogP contribution is 2.15. The Labute approximate surface area is 98.3 Å². The fourth-order valence-corrected chi connectivity index (χ4v) is 1.36. The molecule has 0 heterocycles. The molecule has 1 N–H and O–H groups in total. The molecule has 1 unspecified atom stereocenters. The highest BCUT2D eigenvalue weighted by atomic mass is 16.5. The summed E-state index contributed by atoms with van der Waals surface area (Å²) in [5, 5.41) is 3.27. The monoisotopic (exact) mass is 219 g/mol. The van der Waals surface area contributed by atoms with Gasteiger partial charge < -0.3 is 10.1 Å². The van der Waals surface area contributed by atoms with Gasteiger partial charge in [-0.15, -0.1) is 6.58 Å². The van der Waals surface area contributed by atoms with Crippen molar-refractivity contribution in [3.63, 3.8) is 0 Å². The average Bonchev–Trinajstić information content (AvgIpc) is 2.30. The summed E-state index contributed by atoms with van der Waals surface area (Å²) in [7, 11) is 0. The Bertz CT molecular complexity index is 322. The number of hydrogen-bond acceptors (Lipinski definition) is 2. The van der Waals surface area contributed by atoms with E-state index in [9.17, 15) is 0 Å². The van der Waals surface area contributed by atoms with Crippen molar-refractivity contribution in [2.24, 2.45) is 0 Å². The summed E-state index contributed by atoms with van der Waals surface area (Å²) in [4.78, 5) is 0. The Morgan fingerprint density at radius 1 is 1.50 bits per heavy atom. The lowest BCUT2D eigenvalue weighted by Gasteiger charge is -2.13. The fourth-order valence-electron chi connectivity index (χ4n) is 1.36. The van der Waals surface area contributed by atoms with E-state index < -0.39 is 0 Å². The smallest absolute Gasteiger partial charge is 0.120 e. The molecule has 16 heavy (non-hydrogen) atoms. The molecule has 0 amide bonds. The predicted molar refractivity (Wildman–Crippen MR) is 68.7 cm³/mol. The van der Waals surface area contributed by atoms with Crippen LogP contribution < -0.4 is 10.1 Å². The summed E-state index contributed by atoms with van der Waals surface area (Å²) in [5.74, 6) is 0.951. The number of ether oxygens (including phenoxy) is 1. The summed E-state index contributed by atoms with van der Waals surface area (Å²) in [6.45, 7) is 9.56. The maximum atomic E-state index is 5.76. The van der Waals surface area contributed by atoms with Crippen LogP contribution in [0.15, 0.2) is 36.9 Å². The molecule has 0 radical (unpaired) electrons. The van der Waals surface area contributed by atoms with E-state index in [1.54, 1.807) is 0 Å². The third-order valence-corrected chi connectivity index (χ3v) is 2.43. The van der Waals surface area contributed by atoms with Gasteiger partial charge in [0, 0.05) is 13.1 Å². The van der Waals surface area contributed by atoms with E-state index >= 15 is 0 Å². The first kappa shape index (κ1) is 12.8. The molecular weight excluding hydrogens is 198 g/mol. The zero-order valence-electron chi connectivity index (χ0n) is 10.2. The molecule has 0 saturated heterocycles. The fraction of sp³-hybridized carbons (Fsp3) is 0.429. The van der Waals surface area contributed by atoms with Gasteiger partial charge in [-0.2, -0.15) is 0 Å². The SMILES string of the molecule is C=CCNCc1cccc(OC(C)CC)c1. The van der Waals surface area contributed by atoms with Crippen LogP contribution in [0.25, 0.3) is 0 Å². The van der Waals surface area contributed by atoms with Gasteiger partial charge in [0.05, 0.1) is 6.10 Å². The molecule has 0 bridgehead atoms. The Morgan fingerprint density at radius 2 is 2.31 bits per heavy atom. The zero-order chi connectivity index (χ0) is 11.8. The van der Waals surface area contributed by atoms with Gasteiger partial charge in [-0.25, -0.2) is 0 Å². The second kappa shape index (κ2) is 7.07. The van der Waals surface area contributed by atoms with Gasteiger partial charge in [-0.3, -0.25) is 0 Å². The maximum absolute atomic E-state index is 5.76. The summed E-state index contributed by atoms with van der Waals surface area (Å²) in [6.07, 6.45) is 3.16. The molecule has 0 fully saturated rings.